The van der Waals surface area contributed by atoms with E-state index in [1.165, 1.54) is 5.56 Å². The maximum absolute atomic E-state index is 12.0. The molecule has 1 aromatic carbocycles. The zero-order valence-electron chi connectivity index (χ0n) is 11.1. The number of nitrogens with one attached hydrogen (secondary N) is 1. The predicted molar refractivity (Wildman–Crippen MR) is 74.4 cm³/mol. The van der Waals surface area contributed by atoms with Gasteiger partial charge in [0.05, 0.1) is 17.9 Å². The van der Waals surface area contributed by atoms with Crippen molar-refractivity contribution < 1.29 is 9.21 Å². The summed E-state index contributed by atoms with van der Waals surface area (Å²) in [5.41, 5.74) is 8.80. The van der Waals surface area contributed by atoms with Crippen LogP contribution in [0.25, 0.3) is 0 Å². The predicted octanol–water partition coefficient (Wildman–Crippen LogP) is 0.961. The molecule has 3 rings (SSSR count). The molecule has 1 aliphatic heterocycles. The first kappa shape index (κ1) is 12.5. The molecule has 1 amide bonds. The molecule has 20 heavy (non-hydrogen) atoms. The minimum absolute atomic E-state index is 0.118. The van der Waals surface area contributed by atoms with Gasteiger partial charge in [0.25, 0.3) is 0 Å². The third-order valence-corrected chi connectivity index (χ3v) is 3.22. The number of rotatable bonds is 3. The second-order valence-corrected chi connectivity index (χ2v) is 4.70. The molecule has 0 radical (unpaired) electrons. The molecule has 0 fully saturated rings. The van der Waals surface area contributed by atoms with Crippen LogP contribution in [0.15, 0.2) is 22.6 Å². The van der Waals surface area contributed by atoms with Crippen LogP contribution in [0, 0.1) is 6.92 Å². The Morgan fingerprint density at radius 3 is 3.10 bits per heavy atom. The standard InChI is InChI=1S/C13H15N5O2/c1-8-16-17-13(20-8)15-11(19)7-18-6-5-9-3-2-4-10(14)12(9)18/h2-4H,5-7,14H2,1H3,(H,15,17,19). The van der Waals surface area contributed by atoms with Gasteiger partial charge >= 0.3 is 6.01 Å². The molecular formula is C13H15N5O2. The molecule has 0 spiro atoms. The van der Waals surface area contributed by atoms with Gasteiger partial charge < -0.3 is 15.1 Å². The number of para-hydroxylation sites is 1. The van der Waals surface area contributed by atoms with Crippen LogP contribution in [0.3, 0.4) is 0 Å². The summed E-state index contributed by atoms with van der Waals surface area (Å²) in [5, 5.41) is 9.97. The lowest BCUT2D eigenvalue weighted by Gasteiger charge is -2.19. The van der Waals surface area contributed by atoms with Crippen molar-refractivity contribution >= 4 is 23.3 Å². The van der Waals surface area contributed by atoms with E-state index < -0.39 is 0 Å². The van der Waals surface area contributed by atoms with E-state index >= 15 is 0 Å². The first-order chi connectivity index (χ1) is 9.63. The molecule has 1 aliphatic rings. The Bertz CT molecular complexity index is 652. The molecule has 0 bridgehead atoms. The first-order valence-electron chi connectivity index (χ1n) is 6.36. The number of nitrogen functional groups attached to an aromatic ring is 1. The number of anilines is 3. The topological polar surface area (TPSA) is 97.3 Å². The summed E-state index contributed by atoms with van der Waals surface area (Å²) in [6.45, 7) is 2.66. The van der Waals surface area contributed by atoms with E-state index in [-0.39, 0.29) is 18.5 Å². The zero-order chi connectivity index (χ0) is 14.1. The van der Waals surface area contributed by atoms with Crippen LogP contribution in [-0.4, -0.2) is 29.2 Å². The van der Waals surface area contributed by atoms with Crippen LogP contribution in [0.1, 0.15) is 11.5 Å². The van der Waals surface area contributed by atoms with Crippen molar-refractivity contribution in [1.82, 2.24) is 10.2 Å². The Labute approximate surface area is 115 Å². The third-order valence-electron chi connectivity index (χ3n) is 3.22. The Morgan fingerprint density at radius 2 is 2.35 bits per heavy atom. The van der Waals surface area contributed by atoms with Gasteiger partial charge in [0, 0.05) is 13.5 Å². The summed E-state index contributed by atoms with van der Waals surface area (Å²) in [6.07, 6.45) is 0.896. The average molecular weight is 273 g/mol. The highest BCUT2D eigenvalue weighted by Gasteiger charge is 2.23. The van der Waals surface area contributed by atoms with E-state index in [0.29, 0.717) is 11.6 Å². The van der Waals surface area contributed by atoms with Gasteiger partial charge in [-0.05, 0) is 18.1 Å². The number of aromatic nitrogens is 2. The average Bonchev–Trinajstić information content (AvgIpc) is 2.97. The van der Waals surface area contributed by atoms with E-state index in [9.17, 15) is 4.79 Å². The fraction of sp³-hybridized carbons (Fsp3) is 0.308. The number of nitrogens with zero attached hydrogens (tertiary/aromatic N) is 3. The number of hydrogen-bond acceptors (Lipinski definition) is 6. The maximum Gasteiger partial charge on any atom is 0.322 e. The number of fused-ring (bicyclic) bond motifs is 1. The highest BCUT2D eigenvalue weighted by molar-refractivity contribution is 5.93. The smallest absolute Gasteiger partial charge is 0.322 e. The number of benzene rings is 1. The SMILES string of the molecule is Cc1nnc(NC(=O)CN2CCc3cccc(N)c32)o1. The normalized spacial score (nSPS) is 13.3. The van der Waals surface area contributed by atoms with Crippen molar-refractivity contribution in [1.29, 1.82) is 0 Å². The Morgan fingerprint density at radius 1 is 1.50 bits per heavy atom. The van der Waals surface area contributed by atoms with Crippen LogP contribution in [0.4, 0.5) is 17.4 Å². The Hall–Kier alpha value is -2.57. The van der Waals surface area contributed by atoms with E-state index in [1.807, 2.05) is 23.1 Å². The van der Waals surface area contributed by atoms with Gasteiger partial charge in [-0.1, -0.05) is 17.2 Å². The van der Waals surface area contributed by atoms with Gasteiger partial charge in [-0.15, -0.1) is 5.10 Å². The summed E-state index contributed by atoms with van der Waals surface area (Å²) < 4.78 is 5.11. The van der Waals surface area contributed by atoms with Gasteiger partial charge in [-0.25, -0.2) is 0 Å². The number of aryl methyl sites for hydroxylation is 1. The van der Waals surface area contributed by atoms with Crippen LogP contribution < -0.4 is 16.0 Å². The summed E-state index contributed by atoms with van der Waals surface area (Å²) in [5.74, 6) is 0.209. The Balaban J connectivity index is 1.69. The highest BCUT2D eigenvalue weighted by atomic mass is 16.4. The quantitative estimate of drug-likeness (QED) is 0.808. The molecule has 7 heteroatoms. The molecule has 0 saturated heterocycles. The molecule has 1 aromatic heterocycles. The van der Waals surface area contributed by atoms with Crippen molar-refractivity contribution in [3.05, 3.63) is 29.7 Å². The molecule has 0 saturated carbocycles. The van der Waals surface area contributed by atoms with Crippen LogP contribution >= 0.6 is 0 Å². The number of carbonyl (C=O) groups excluding carboxylic acids is 1. The monoisotopic (exact) mass is 273 g/mol. The molecule has 0 aliphatic carbocycles. The first-order valence-corrected chi connectivity index (χ1v) is 6.36. The lowest BCUT2D eigenvalue weighted by Crippen LogP contribution is -2.32. The van der Waals surface area contributed by atoms with Crippen LogP contribution in [0.5, 0.6) is 0 Å². The molecule has 2 aromatic rings. The molecule has 2 heterocycles. The summed E-state index contributed by atoms with van der Waals surface area (Å²) in [7, 11) is 0. The van der Waals surface area contributed by atoms with Crippen LogP contribution in [0.2, 0.25) is 0 Å². The Kier molecular flexibility index (Phi) is 3.02. The number of nitrogens with two attached hydrogens (primary N) is 1. The molecular weight excluding hydrogens is 258 g/mol. The minimum Gasteiger partial charge on any atom is -0.408 e. The number of amides is 1. The summed E-state index contributed by atoms with van der Waals surface area (Å²) in [6, 6.07) is 5.92. The molecule has 104 valence electrons. The van der Waals surface area contributed by atoms with Crippen molar-refractivity contribution in [2.24, 2.45) is 0 Å². The van der Waals surface area contributed by atoms with Gasteiger partial charge in [0.2, 0.25) is 11.8 Å². The lowest BCUT2D eigenvalue weighted by molar-refractivity contribution is -0.115. The van der Waals surface area contributed by atoms with E-state index in [4.69, 9.17) is 10.2 Å². The number of hydrogen-bond donors (Lipinski definition) is 2. The largest absolute Gasteiger partial charge is 0.408 e. The summed E-state index contributed by atoms with van der Waals surface area (Å²) in [4.78, 5) is 13.9. The van der Waals surface area contributed by atoms with Gasteiger partial charge in [-0.3, -0.25) is 10.1 Å². The second-order valence-electron chi connectivity index (χ2n) is 4.70. The molecule has 0 unspecified atom stereocenters. The lowest BCUT2D eigenvalue weighted by atomic mass is 10.1. The third kappa shape index (κ3) is 2.29. The van der Waals surface area contributed by atoms with Gasteiger partial charge in [0.15, 0.2) is 0 Å². The van der Waals surface area contributed by atoms with Crippen molar-refractivity contribution in [3.63, 3.8) is 0 Å². The number of carbonyl (C=O) groups is 1. The molecule has 3 N–H and O–H groups in total. The summed E-state index contributed by atoms with van der Waals surface area (Å²) >= 11 is 0. The van der Waals surface area contributed by atoms with Crippen LogP contribution in [-0.2, 0) is 11.2 Å². The fourth-order valence-corrected chi connectivity index (χ4v) is 2.40. The van der Waals surface area contributed by atoms with E-state index in [2.05, 4.69) is 15.5 Å². The second kappa shape index (κ2) is 4.84. The van der Waals surface area contributed by atoms with E-state index in [1.54, 1.807) is 6.92 Å². The van der Waals surface area contributed by atoms with Gasteiger partial charge in [-0.2, -0.15) is 0 Å². The van der Waals surface area contributed by atoms with Crippen molar-refractivity contribution in [2.45, 2.75) is 13.3 Å². The minimum atomic E-state index is -0.204. The van der Waals surface area contributed by atoms with E-state index in [0.717, 1.165) is 18.7 Å². The zero-order valence-corrected chi connectivity index (χ0v) is 11.1. The fourth-order valence-electron chi connectivity index (χ4n) is 2.40. The van der Waals surface area contributed by atoms with Gasteiger partial charge in [0.1, 0.15) is 0 Å². The molecule has 0 atom stereocenters. The maximum atomic E-state index is 12.0. The highest BCUT2D eigenvalue weighted by Crippen LogP contribution is 2.33. The molecule has 7 nitrogen and oxygen atoms in total. The van der Waals surface area contributed by atoms with Crippen molar-refractivity contribution in [2.75, 3.05) is 29.0 Å². The van der Waals surface area contributed by atoms with Crippen molar-refractivity contribution in [3.8, 4) is 0 Å².